The topological polar surface area (TPSA) is 66.0 Å². The summed E-state index contributed by atoms with van der Waals surface area (Å²) in [5.41, 5.74) is 5.09. The van der Waals surface area contributed by atoms with Crippen LogP contribution in [0.4, 0.5) is 0 Å². The summed E-state index contributed by atoms with van der Waals surface area (Å²) < 4.78 is 13.4. The summed E-state index contributed by atoms with van der Waals surface area (Å²) in [4.78, 5) is 0. The van der Waals surface area contributed by atoms with Crippen molar-refractivity contribution in [3.8, 4) is 33.8 Å². The van der Waals surface area contributed by atoms with Crippen molar-refractivity contribution >= 4 is 0 Å². The molecule has 0 amide bonds. The fourth-order valence-corrected chi connectivity index (χ4v) is 3.79. The van der Waals surface area contributed by atoms with Gasteiger partial charge in [0, 0.05) is 30.9 Å². The molecule has 1 atom stereocenters. The molecular formula is C23H22N4O2. The predicted octanol–water partition coefficient (Wildman–Crippen LogP) is 4.75. The van der Waals surface area contributed by atoms with E-state index in [1.807, 2.05) is 29.1 Å². The third kappa shape index (κ3) is 3.71. The van der Waals surface area contributed by atoms with Gasteiger partial charge in [0.15, 0.2) is 0 Å². The molecule has 0 bridgehead atoms. The monoisotopic (exact) mass is 386 g/mol. The molecule has 1 fully saturated rings. The van der Waals surface area contributed by atoms with Gasteiger partial charge in [0.25, 0.3) is 0 Å². The summed E-state index contributed by atoms with van der Waals surface area (Å²) in [6.45, 7) is 3.46. The highest BCUT2D eigenvalue weighted by atomic mass is 16.5. The summed E-state index contributed by atoms with van der Waals surface area (Å²) in [6.07, 6.45) is 4.55. The molecule has 3 heterocycles. The van der Waals surface area contributed by atoms with Crippen molar-refractivity contribution in [2.75, 3.05) is 6.61 Å². The summed E-state index contributed by atoms with van der Waals surface area (Å²) in [6, 6.07) is 18.5. The van der Waals surface area contributed by atoms with E-state index in [2.05, 4.69) is 46.6 Å². The molecule has 2 aromatic heterocycles. The van der Waals surface area contributed by atoms with Crippen molar-refractivity contribution in [1.29, 1.82) is 0 Å². The molecule has 0 saturated carbocycles. The fourth-order valence-electron chi connectivity index (χ4n) is 3.79. The molecule has 0 spiro atoms. The molecular weight excluding hydrogens is 364 g/mol. The summed E-state index contributed by atoms with van der Waals surface area (Å²) >= 11 is 0. The number of benzene rings is 2. The second-order valence-corrected chi connectivity index (χ2v) is 7.31. The molecule has 0 radical (unpaired) electrons. The molecule has 6 heteroatoms. The Morgan fingerprint density at radius 2 is 1.86 bits per heavy atom. The van der Waals surface area contributed by atoms with Crippen LogP contribution >= 0.6 is 0 Å². The second kappa shape index (κ2) is 7.64. The van der Waals surface area contributed by atoms with E-state index in [0.29, 0.717) is 11.8 Å². The van der Waals surface area contributed by atoms with Crippen molar-refractivity contribution < 1.29 is 9.15 Å². The minimum absolute atomic E-state index is 0.277. The van der Waals surface area contributed by atoms with Gasteiger partial charge < -0.3 is 9.15 Å². The Kier molecular flexibility index (Phi) is 4.69. The smallest absolute Gasteiger partial charge is 0.248 e. The van der Waals surface area contributed by atoms with Crippen LogP contribution in [0.3, 0.4) is 0 Å². The van der Waals surface area contributed by atoms with Gasteiger partial charge in [-0.05, 0) is 42.2 Å². The first-order valence-electron chi connectivity index (χ1n) is 9.92. The summed E-state index contributed by atoms with van der Waals surface area (Å²) in [5.74, 6) is 1.09. The van der Waals surface area contributed by atoms with Gasteiger partial charge in [0.05, 0.1) is 18.3 Å². The Morgan fingerprint density at radius 3 is 2.66 bits per heavy atom. The Balaban J connectivity index is 1.46. The highest BCUT2D eigenvalue weighted by molar-refractivity contribution is 5.82. The molecule has 29 heavy (non-hydrogen) atoms. The molecule has 5 rings (SSSR count). The highest BCUT2D eigenvalue weighted by Crippen LogP contribution is 2.33. The maximum Gasteiger partial charge on any atom is 0.248 e. The van der Waals surface area contributed by atoms with E-state index in [4.69, 9.17) is 14.3 Å². The molecule has 4 aromatic rings. The average molecular weight is 386 g/mol. The van der Waals surface area contributed by atoms with Gasteiger partial charge >= 0.3 is 0 Å². The molecule has 0 aliphatic carbocycles. The van der Waals surface area contributed by atoms with E-state index in [1.165, 1.54) is 0 Å². The Hall–Kier alpha value is -3.25. The van der Waals surface area contributed by atoms with Crippen LogP contribution in [0.15, 0.2) is 65.2 Å². The highest BCUT2D eigenvalue weighted by Gasteiger charge is 2.17. The fraction of sp³-hybridized carbons (Fsp3) is 0.261. The quantitative estimate of drug-likeness (QED) is 0.495. The van der Waals surface area contributed by atoms with E-state index in [-0.39, 0.29) is 6.10 Å². The van der Waals surface area contributed by atoms with Gasteiger partial charge in [-0.2, -0.15) is 5.10 Å². The largest absolute Gasteiger partial charge is 0.421 e. The summed E-state index contributed by atoms with van der Waals surface area (Å²) in [5, 5.41) is 12.9. The van der Waals surface area contributed by atoms with Crippen molar-refractivity contribution in [3.05, 3.63) is 66.7 Å². The van der Waals surface area contributed by atoms with Gasteiger partial charge in [0.2, 0.25) is 11.8 Å². The van der Waals surface area contributed by atoms with Crippen LogP contribution in [0.2, 0.25) is 0 Å². The van der Waals surface area contributed by atoms with Crippen molar-refractivity contribution in [3.63, 3.8) is 0 Å². The molecule has 1 aliphatic rings. The normalized spacial score (nSPS) is 16.4. The summed E-state index contributed by atoms with van der Waals surface area (Å²) in [7, 11) is 0. The SMILES string of the molecule is Cc1nnc(-c2ccccc2-c2cccc(-c3ccn(CC4CCCO4)n3)c2)o1. The minimum Gasteiger partial charge on any atom is -0.421 e. The lowest BCUT2D eigenvalue weighted by molar-refractivity contribution is 0.0940. The first-order valence-corrected chi connectivity index (χ1v) is 9.92. The third-order valence-electron chi connectivity index (χ3n) is 5.21. The van der Waals surface area contributed by atoms with Crippen LogP contribution in [0.5, 0.6) is 0 Å². The number of aromatic nitrogens is 4. The van der Waals surface area contributed by atoms with Crippen LogP contribution in [0.1, 0.15) is 18.7 Å². The first-order chi connectivity index (χ1) is 14.3. The lowest BCUT2D eigenvalue weighted by atomic mass is 9.97. The maximum absolute atomic E-state index is 5.72. The van der Waals surface area contributed by atoms with E-state index in [9.17, 15) is 0 Å². The average Bonchev–Trinajstić information content (AvgIpc) is 3.51. The predicted molar refractivity (Wildman–Crippen MR) is 110 cm³/mol. The van der Waals surface area contributed by atoms with E-state index >= 15 is 0 Å². The number of hydrogen-bond acceptors (Lipinski definition) is 5. The van der Waals surface area contributed by atoms with Crippen LogP contribution in [-0.4, -0.2) is 32.7 Å². The number of aryl methyl sites for hydroxylation is 1. The third-order valence-corrected chi connectivity index (χ3v) is 5.21. The van der Waals surface area contributed by atoms with Crippen LogP contribution in [0.25, 0.3) is 33.8 Å². The zero-order chi connectivity index (χ0) is 19.6. The van der Waals surface area contributed by atoms with Gasteiger partial charge in [-0.15, -0.1) is 10.2 Å². The van der Waals surface area contributed by atoms with Crippen LogP contribution in [-0.2, 0) is 11.3 Å². The Bertz CT molecular complexity index is 1130. The lowest BCUT2D eigenvalue weighted by Crippen LogP contribution is -2.15. The van der Waals surface area contributed by atoms with Gasteiger partial charge in [-0.1, -0.05) is 36.4 Å². The van der Waals surface area contributed by atoms with Crippen molar-refractivity contribution in [2.24, 2.45) is 0 Å². The molecule has 1 unspecified atom stereocenters. The Morgan fingerprint density at radius 1 is 1.00 bits per heavy atom. The van der Waals surface area contributed by atoms with Gasteiger partial charge in [-0.3, -0.25) is 4.68 Å². The lowest BCUT2D eigenvalue weighted by Gasteiger charge is -2.09. The minimum atomic E-state index is 0.277. The van der Waals surface area contributed by atoms with Crippen LogP contribution in [0, 0.1) is 6.92 Å². The molecule has 1 aliphatic heterocycles. The molecule has 6 nitrogen and oxygen atoms in total. The second-order valence-electron chi connectivity index (χ2n) is 7.31. The zero-order valence-corrected chi connectivity index (χ0v) is 16.3. The van der Waals surface area contributed by atoms with E-state index in [1.54, 1.807) is 6.92 Å². The molecule has 2 aromatic carbocycles. The Labute approximate surface area is 169 Å². The van der Waals surface area contributed by atoms with Gasteiger partial charge in [-0.25, -0.2) is 0 Å². The molecule has 1 saturated heterocycles. The number of ether oxygens (including phenoxy) is 1. The molecule has 146 valence electrons. The maximum atomic E-state index is 5.72. The van der Waals surface area contributed by atoms with Crippen LogP contribution < -0.4 is 0 Å². The first kappa shape index (κ1) is 17.8. The standard InChI is InChI=1S/C23H22N4O2/c1-16-24-25-23(29-16)21-10-3-2-9-20(21)17-6-4-7-18(14-17)22-11-12-27(26-22)15-19-8-5-13-28-19/h2-4,6-7,9-12,14,19H,5,8,13,15H2,1H3. The number of rotatable bonds is 5. The van der Waals surface area contributed by atoms with Gasteiger partial charge in [0.1, 0.15) is 0 Å². The van der Waals surface area contributed by atoms with Crippen molar-refractivity contribution in [2.45, 2.75) is 32.4 Å². The number of nitrogens with zero attached hydrogens (tertiary/aromatic N) is 4. The zero-order valence-electron chi connectivity index (χ0n) is 16.3. The number of hydrogen-bond donors (Lipinski definition) is 0. The van der Waals surface area contributed by atoms with E-state index in [0.717, 1.165) is 53.9 Å². The van der Waals surface area contributed by atoms with Crippen molar-refractivity contribution in [1.82, 2.24) is 20.0 Å². The molecule has 0 N–H and O–H groups in total. The van der Waals surface area contributed by atoms with E-state index < -0.39 is 0 Å².